The Labute approximate surface area is 118 Å². The van der Waals surface area contributed by atoms with Gasteiger partial charge in [0.1, 0.15) is 11.5 Å². The average Bonchev–Trinajstić information content (AvgIpc) is 2.45. The number of carbonyl (C=O) groups is 1. The molecule has 1 rings (SSSR count). The third kappa shape index (κ3) is 5.75. The number of aliphatic carboxylic acids is 1. The Bertz CT molecular complexity index is 454. The monoisotopic (exact) mass is 280 g/mol. The smallest absolute Gasteiger partial charge is 0.328 e. The molecule has 5 nitrogen and oxygen atoms in total. The molecule has 1 aromatic carbocycles. The van der Waals surface area contributed by atoms with Crippen molar-refractivity contribution in [3.8, 4) is 11.5 Å². The summed E-state index contributed by atoms with van der Waals surface area (Å²) in [5.41, 5.74) is 0.670. The van der Waals surface area contributed by atoms with Crippen molar-refractivity contribution < 1.29 is 24.1 Å². The number of hydrogen-bond donors (Lipinski definition) is 1. The van der Waals surface area contributed by atoms with Gasteiger partial charge in [0.2, 0.25) is 0 Å². The van der Waals surface area contributed by atoms with Gasteiger partial charge >= 0.3 is 5.97 Å². The lowest BCUT2D eigenvalue weighted by molar-refractivity contribution is -0.131. The van der Waals surface area contributed by atoms with Crippen LogP contribution < -0.4 is 9.47 Å². The van der Waals surface area contributed by atoms with Crippen molar-refractivity contribution in [2.75, 3.05) is 26.9 Å². The number of rotatable bonds is 9. The van der Waals surface area contributed by atoms with Crippen LogP contribution >= 0.6 is 0 Å². The molecule has 0 heterocycles. The zero-order chi connectivity index (χ0) is 14.8. The van der Waals surface area contributed by atoms with Gasteiger partial charge in [-0.05, 0) is 31.2 Å². The number of carboxylic acid groups (broad SMARTS) is 1. The molecule has 1 aromatic rings. The molecule has 0 saturated carbocycles. The normalized spacial score (nSPS) is 10.7. The minimum Gasteiger partial charge on any atom is -0.497 e. The molecule has 0 aliphatic carbocycles. The minimum atomic E-state index is -1.00. The third-order valence-corrected chi connectivity index (χ3v) is 2.52. The van der Waals surface area contributed by atoms with Crippen molar-refractivity contribution in [2.24, 2.45) is 0 Å². The van der Waals surface area contributed by atoms with E-state index in [-0.39, 0.29) is 0 Å². The van der Waals surface area contributed by atoms with Crippen molar-refractivity contribution in [2.45, 2.75) is 13.3 Å². The summed E-state index contributed by atoms with van der Waals surface area (Å²) in [5.74, 6) is 0.270. The average molecular weight is 280 g/mol. The highest BCUT2D eigenvalue weighted by Crippen LogP contribution is 2.25. The number of benzene rings is 1. The fourth-order valence-corrected chi connectivity index (χ4v) is 1.56. The molecule has 0 unspecified atom stereocenters. The van der Waals surface area contributed by atoms with E-state index in [4.69, 9.17) is 19.3 Å². The van der Waals surface area contributed by atoms with Gasteiger partial charge in [0.25, 0.3) is 0 Å². The van der Waals surface area contributed by atoms with E-state index in [0.717, 1.165) is 12.5 Å². The van der Waals surface area contributed by atoms with Crippen LogP contribution in [0.5, 0.6) is 11.5 Å². The molecule has 1 N–H and O–H groups in total. The summed E-state index contributed by atoms with van der Waals surface area (Å²) in [6.45, 7) is 3.79. The van der Waals surface area contributed by atoms with Crippen LogP contribution in [-0.2, 0) is 9.53 Å². The lowest BCUT2D eigenvalue weighted by Gasteiger charge is -2.10. The van der Waals surface area contributed by atoms with Gasteiger partial charge in [-0.1, -0.05) is 0 Å². The van der Waals surface area contributed by atoms with Gasteiger partial charge < -0.3 is 19.3 Å². The van der Waals surface area contributed by atoms with Crippen LogP contribution in [0.3, 0.4) is 0 Å². The first-order valence-corrected chi connectivity index (χ1v) is 6.47. The lowest BCUT2D eigenvalue weighted by Crippen LogP contribution is -2.04. The number of hydrogen-bond acceptors (Lipinski definition) is 4. The van der Waals surface area contributed by atoms with Crippen LogP contribution in [0.1, 0.15) is 18.9 Å². The summed E-state index contributed by atoms with van der Waals surface area (Å²) in [7, 11) is 1.56. The van der Waals surface area contributed by atoms with Gasteiger partial charge in [0, 0.05) is 31.3 Å². The predicted octanol–water partition coefficient (Wildman–Crippen LogP) is 2.60. The van der Waals surface area contributed by atoms with Crippen LogP contribution in [0.15, 0.2) is 24.3 Å². The Morgan fingerprint density at radius 1 is 1.35 bits per heavy atom. The van der Waals surface area contributed by atoms with E-state index in [0.29, 0.717) is 36.9 Å². The van der Waals surface area contributed by atoms with E-state index >= 15 is 0 Å². The van der Waals surface area contributed by atoms with E-state index in [1.54, 1.807) is 25.3 Å². The van der Waals surface area contributed by atoms with Crippen molar-refractivity contribution in [1.29, 1.82) is 0 Å². The Morgan fingerprint density at radius 2 is 2.15 bits per heavy atom. The molecular weight excluding hydrogens is 260 g/mol. The summed E-state index contributed by atoms with van der Waals surface area (Å²) in [5, 5.41) is 8.69. The van der Waals surface area contributed by atoms with Crippen molar-refractivity contribution in [3.63, 3.8) is 0 Å². The van der Waals surface area contributed by atoms with Gasteiger partial charge in [-0.3, -0.25) is 0 Å². The van der Waals surface area contributed by atoms with Gasteiger partial charge in [0.05, 0.1) is 13.7 Å². The van der Waals surface area contributed by atoms with E-state index in [9.17, 15) is 4.79 Å². The topological polar surface area (TPSA) is 65.0 Å². The molecule has 0 atom stereocenters. The van der Waals surface area contributed by atoms with Gasteiger partial charge in [-0.2, -0.15) is 0 Å². The predicted molar refractivity (Wildman–Crippen MR) is 76.3 cm³/mol. The Hall–Kier alpha value is -2.01. The van der Waals surface area contributed by atoms with Gasteiger partial charge in [0.15, 0.2) is 0 Å². The summed E-state index contributed by atoms with van der Waals surface area (Å²) < 4.78 is 16.0. The fourth-order valence-electron chi connectivity index (χ4n) is 1.56. The SMILES string of the molecule is CCOCCCOc1ccc(OC)cc1C=CC(=O)O. The van der Waals surface area contributed by atoms with Crippen LogP contribution in [0.4, 0.5) is 0 Å². The maximum absolute atomic E-state index is 10.6. The van der Waals surface area contributed by atoms with Gasteiger partial charge in [-0.25, -0.2) is 4.79 Å². The molecule has 0 fully saturated rings. The largest absolute Gasteiger partial charge is 0.497 e. The Balaban J connectivity index is 2.70. The molecule has 0 amide bonds. The van der Waals surface area contributed by atoms with Crippen LogP contribution in [0, 0.1) is 0 Å². The maximum Gasteiger partial charge on any atom is 0.328 e. The molecule has 0 aromatic heterocycles. The minimum absolute atomic E-state index is 0.514. The quantitative estimate of drug-likeness (QED) is 0.556. The Morgan fingerprint density at radius 3 is 2.80 bits per heavy atom. The maximum atomic E-state index is 10.6. The molecule has 110 valence electrons. The molecule has 20 heavy (non-hydrogen) atoms. The fraction of sp³-hybridized carbons (Fsp3) is 0.400. The summed E-state index contributed by atoms with van der Waals surface area (Å²) in [6, 6.07) is 5.27. The molecular formula is C15H20O5. The van der Waals surface area contributed by atoms with Crippen molar-refractivity contribution >= 4 is 12.0 Å². The zero-order valence-corrected chi connectivity index (χ0v) is 11.8. The number of ether oxygens (including phenoxy) is 3. The molecule has 0 bridgehead atoms. The first-order valence-electron chi connectivity index (χ1n) is 6.47. The number of carboxylic acids is 1. The summed E-state index contributed by atoms with van der Waals surface area (Å²) >= 11 is 0. The van der Waals surface area contributed by atoms with Crippen LogP contribution in [0.2, 0.25) is 0 Å². The second-order valence-electron chi connectivity index (χ2n) is 3.97. The molecule has 0 radical (unpaired) electrons. The highest BCUT2D eigenvalue weighted by atomic mass is 16.5. The lowest BCUT2D eigenvalue weighted by atomic mass is 10.1. The molecule has 0 aliphatic rings. The van der Waals surface area contributed by atoms with E-state index < -0.39 is 5.97 Å². The molecule has 5 heteroatoms. The first-order chi connectivity index (χ1) is 9.67. The standard InChI is InChI=1S/C15H20O5/c1-3-19-9-4-10-20-14-7-6-13(18-2)11-12(14)5-8-15(16)17/h5-8,11H,3-4,9-10H2,1-2H3,(H,16,17). The van der Waals surface area contributed by atoms with Crippen molar-refractivity contribution in [3.05, 3.63) is 29.8 Å². The van der Waals surface area contributed by atoms with Gasteiger partial charge in [-0.15, -0.1) is 0 Å². The zero-order valence-electron chi connectivity index (χ0n) is 11.8. The van der Waals surface area contributed by atoms with E-state index in [1.807, 2.05) is 6.92 Å². The number of methoxy groups -OCH3 is 1. The molecule has 0 spiro atoms. The highest BCUT2D eigenvalue weighted by Gasteiger charge is 2.04. The van der Waals surface area contributed by atoms with Crippen LogP contribution in [0.25, 0.3) is 6.08 Å². The van der Waals surface area contributed by atoms with E-state index in [1.165, 1.54) is 6.08 Å². The third-order valence-electron chi connectivity index (χ3n) is 2.52. The second kappa shape index (κ2) is 8.98. The Kier molecular flexibility index (Phi) is 7.21. The highest BCUT2D eigenvalue weighted by molar-refractivity contribution is 5.86. The van der Waals surface area contributed by atoms with E-state index in [2.05, 4.69) is 0 Å². The first kappa shape index (κ1) is 16.0. The summed E-state index contributed by atoms with van der Waals surface area (Å²) in [4.78, 5) is 10.6. The summed E-state index contributed by atoms with van der Waals surface area (Å²) in [6.07, 6.45) is 3.34. The second-order valence-corrected chi connectivity index (χ2v) is 3.97. The molecule has 0 saturated heterocycles. The van der Waals surface area contributed by atoms with Crippen molar-refractivity contribution in [1.82, 2.24) is 0 Å². The molecule has 0 aliphatic heterocycles. The van der Waals surface area contributed by atoms with Crippen LogP contribution in [-0.4, -0.2) is 38.0 Å².